The molecule has 2 fully saturated rings. The molecule has 0 aromatic rings. The average molecular weight is 257 g/mol. The van der Waals surface area contributed by atoms with Crippen molar-refractivity contribution in [2.45, 2.75) is 38.5 Å². The molecule has 0 N–H and O–H groups in total. The van der Waals surface area contributed by atoms with Crippen LogP contribution in [0, 0.1) is 5.92 Å². The molecule has 0 saturated carbocycles. The van der Waals surface area contributed by atoms with Crippen LogP contribution in [0.4, 0.5) is 0 Å². The summed E-state index contributed by atoms with van der Waals surface area (Å²) in [6, 6.07) is 0.141. The Bertz CT molecular complexity index is 301. The highest BCUT2D eigenvalue weighted by Gasteiger charge is 2.43. The third-order valence-electron chi connectivity index (χ3n) is 4.13. The minimum atomic E-state index is -0.428. The third-order valence-corrected chi connectivity index (χ3v) is 4.13. The zero-order valence-corrected chi connectivity index (χ0v) is 11.5. The van der Waals surface area contributed by atoms with Gasteiger partial charge in [-0.2, -0.15) is 0 Å². The molecule has 5 heteroatoms. The third kappa shape index (κ3) is 2.68. The van der Waals surface area contributed by atoms with Gasteiger partial charge in [0.1, 0.15) is 0 Å². The topological polar surface area (TPSA) is 48.0 Å². The number of nitrogens with zero attached hydrogens (tertiary/aromatic N) is 1. The van der Waals surface area contributed by atoms with Gasteiger partial charge in [0.25, 0.3) is 0 Å². The molecule has 0 bridgehead atoms. The minimum absolute atomic E-state index is 0.133. The summed E-state index contributed by atoms with van der Waals surface area (Å²) >= 11 is 0. The Morgan fingerprint density at radius 1 is 1.33 bits per heavy atom. The van der Waals surface area contributed by atoms with Crippen LogP contribution in [0.2, 0.25) is 0 Å². The molecule has 1 spiro atoms. The molecular weight excluding hydrogens is 234 g/mol. The Labute approximate surface area is 108 Å². The summed E-state index contributed by atoms with van der Waals surface area (Å²) in [4.78, 5) is 13.9. The van der Waals surface area contributed by atoms with Gasteiger partial charge >= 0.3 is 5.97 Å². The highest BCUT2D eigenvalue weighted by molar-refractivity contribution is 5.72. The first-order valence-corrected chi connectivity index (χ1v) is 6.68. The quantitative estimate of drug-likeness (QED) is 0.707. The molecule has 0 aromatic carbocycles. The van der Waals surface area contributed by atoms with Gasteiger partial charge in [0.15, 0.2) is 5.79 Å². The molecule has 0 aliphatic carbocycles. The standard InChI is InChI=1S/C13H23NO4/c1-10(12(15)16-3)11(2)14-6-4-5-13(9-14)17-7-8-18-13/h10-11H,4-9H2,1-3H3. The van der Waals surface area contributed by atoms with Crippen LogP contribution in [0.1, 0.15) is 26.7 Å². The van der Waals surface area contributed by atoms with Crippen molar-refractivity contribution < 1.29 is 19.0 Å². The lowest BCUT2D eigenvalue weighted by Crippen LogP contribution is -2.54. The van der Waals surface area contributed by atoms with Gasteiger partial charge in [0.05, 0.1) is 32.8 Å². The Morgan fingerprint density at radius 3 is 2.61 bits per heavy atom. The van der Waals surface area contributed by atoms with Gasteiger partial charge in [-0.1, -0.05) is 6.92 Å². The smallest absolute Gasteiger partial charge is 0.309 e. The van der Waals surface area contributed by atoms with Gasteiger partial charge in [-0.15, -0.1) is 0 Å². The molecule has 2 heterocycles. The predicted molar refractivity (Wildman–Crippen MR) is 66.1 cm³/mol. The lowest BCUT2D eigenvalue weighted by Gasteiger charge is -2.42. The van der Waals surface area contributed by atoms with E-state index >= 15 is 0 Å². The van der Waals surface area contributed by atoms with Crippen LogP contribution in [-0.2, 0) is 19.0 Å². The largest absolute Gasteiger partial charge is 0.469 e. The van der Waals surface area contributed by atoms with Gasteiger partial charge in [0, 0.05) is 12.5 Å². The highest BCUT2D eigenvalue weighted by atomic mass is 16.7. The first-order chi connectivity index (χ1) is 8.58. The molecule has 0 aromatic heterocycles. The van der Waals surface area contributed by atoms with E-state index in [1.165, 1.54) is 7.11 Å². The summed E-state index contributed by atoms with van der Waals surface area (Å²) < 4.78 is 16.3. The van der Waals surface area contributed by atoms with E-state index in [1.807, 2.05) is 6.92 Å². The molecule has 18 heavy (non-hydrogen) atoms. The lowest BCUT2D eigenvalue weighted by molar-refractivity contribution is -0.196. The molecule has 2 rings (SSSR count). The molecule has 104 valence electrons. The van der Waals surface area contributed by atoms with E-state index in [2.05, 4.69) is 11.8 Å². The molecule has 5 nitrogen and oxygen atoms in total. The number of piperidine rings is 1. The van der Waals surface area contributed by atoms with E-state index in [1.54, 1.807) is 0 Å². The number of likely N-dealkylation sites (tertiary alicyclic amines) is 1. The van der Waals surface area contributed by atoms with Gasteiger partial charge in [-0.3, -0.25) is 9.69 Å². The summed E-state index contributed by atoms with van der Waals surface area (Å²) in [6.07, 6.45) is 1.99. The average Bonchev–Trinajstić information content (AvgIpc) is 2.84. The molecule has 0 amide bonds. The van der Waals surface area contributed by atoms with Crippen molar-refractivity contribution in [3.05, 3.63) is 0 Å². The van der Waals surface area contributed by atoms with Crippen molar-refractivity contribution in [2.75, 3.05) is 33.4 Å². The number of ether oxygens (including phenoxy) is 3. The first kappa shape index (κ1) is 13.8. The summed E-state index contributed by atoms with van der Waals surface area (Å²) in [5.41, 5.74) is 0. The molecule has 2 atom stereocenters. The fourth-order valence-corrected chi connectivity index (χ4v) is 2.80. The Morgan fingerprint density at radius 2 is 2.00 bits per heavy atom. The highest BCUT2D eigenvalue weighted by Crippen LogP contribution is 2.32. The fourth-order valence-electron chi connectivity index (χ4n) is 2.80. The summed E-state index contributed by atoms with van der Waals surface area (Å²) in [5, 5.41) is 0. The maximum absolute atomic E-state index is 11.6. The zero-order valence-electron chi connectivity index (χ0n) is 11.5. The van der Waals surface area contributed by atoms with Gasteiger partial charge in [0.2, 0.25) is 0 Å². The van der Waals surface area contributed by atoms with Crippen molar-refractivity contribution in [1.29, 1.82) is 0 Å². The van der Waals surface area contributed by atoms with Crippen LogP contribution in [0.3, 0.4) is 0 Å². The second kappa shape index (κ2) is 5.55. The normalized spacial score (nSPS) is 27.1. The van der Waals surface area contributed by atoms with Crippen LogP contribution in [-0.4, -0.2) is 56.1 Å². The van der Waals surface area contributed by atoms with Crippen molar-refractivity contribution in [2.24, 2.45) is 5.92 Å². The van der Waals surface area contributed by atoms with Gasteiger partial charge in [-0.05, 0) is 19.9 Å². The molecule has 0 radical (unpaired) electrons. The second-order valence-corrected chi connectivity index (χ2v) is 5.23. The van der Waals surface area contributed by atoms with Crippen LogP contribution in [0.25, 0.3) is 0 Å². The summed E-state index contributed by atoms with van der Waals surface area (Å²) in [6.45, 7) is 7.06. The minimum Gasteiger partial charge on any atom is -0.469 e. The predicted octanol–water partition coefficient (Wildman–Crippen LogP) is 1.02. The van der Waals surface area contributed by atoms with Crippen molar-refractivity contribution in [3.8, 4) is 0 Å². The van der Waals surface area contributed by atoms with E-state index in [9.17, 15) is 4.79 Å². The lowest BCUT2D eigenvalue weighted by atomic mass is 9.97. The van der Waals surface area contributed by atoms with Gasteiger partial charge in [-0.25, -0.2) is 0 Å². The Hall–Kier alpha value is -0.650. The molecular formula is C13H23NO4. The van der Waals surface area contributed by atoms with Crippen LogP contribution in [0.5, 0.6) is 0 Å². The molecule has 2 aliphatic heterocycles. The number of methoxy groups -OCH3 is 1. The van der Waals surface area contributed by atoms with Crippen LogP contribution >= 0.6 is 0 Å². The summed E-state index contributed by atoms with van der Waals surface area (Å²) in [5.74, 6) is -0.718. The van der Waals surface area contributed by atoms with E-state index in [0.29, 0.717) is 13.2 Å². The van der Waals surface area contributed by atoms with Crippen molar-refractivity contribution >= 4 is 5.97 Å². The molecule has 2 aliphatic rings. The van der Waals surface area contributed by atoms with Crippen LogP contribution < -0.4 is 0 Å². The maximum atomic E-state index is 11.6. The van der Waals surface area contributed by atoms with E-state index in [4.69, 9.17) is 14.2 Å². The second-order valence-electron chi connectivity index (χ2n) is 5.23. The number of carbonyl (C=O) groups is 1. The Kier molecular flexibility index (Phi) is 4.25. The van der Waals surface area contributed by atoms with E-state index in [0.717, 1.165) is 25.9 Å². The van der Waals surface area contributed by atoms with Crippen molar-refractivity contribution in [1.82, 2.24) is 4.90 Å². The molecule has 2 unspecified atom stereocenters. The first-order valence-electron chi connectivity index (χ1n) is 6.68. The van der Waals surface area contributed by atoms with E-state index in [-0.39, 0.29) is 17.9 Å². The summed E-state index contributed by atoms with van der Waals surface area (Å²) in [7, 11) is 1.44. The van der Waals surface area contributed by atoms with Crippen molar-refractivity contribution in [3.63, 3.8) is 0 Å². The SMILES string of the molecule is COC(=O)C(C)C(C)N1CCCC2(C1)OCCO2. The fraction of sp³-hybridized carbons (Fsp3) is 0.923. The zero-order chi connectivity index (χ0) is 13.2. The van der Waals surface area contributed by atoms with Crippen LogP contribution in [0.15, 0.2) is 0 Å². The number of hydrogen-bond donors (Lipinski definition) is 0. The van der Waals surface area contributed by atoms with Gasteiger partial charge < -0.3 is 14.2 Å². The number of hydrogen-bond acceptors (Lipinski definition) is 5. The number of rotatable bonds is 3. The number of carbonyl (C=O) groups excluding carboxylic acids is 1. The Balaban J connectivity index is 1.97. The maximum Gasteiger partial charge on any atom is 0.309 e. The monoisotopic (exact) mass is 257 g/mol. The molecule has 2 saturated heterocycles. The van der Waals surface area contributed by atoms with E-state index < -0.39 is 5.79 Å². The number of esters is 1.